The number of aryl methyl sites for hydroxylation is 3. The number of hydrogen-bond donors (Lipinski definition) is 1. The Morgan fingerprint density at radius 2 is 1.98 bits per heavy atom. The Kier molecular flexibility index (Phi) is 7.64. The van der Waals surface area contributed by atoms with Crippen LogP contribution in [-0.4, -0.2) is 48.6 Å². The maximum Gasteiger partial charge on any atom is 0.310 e. The first kappa shape index (κ1) is 27.8. The summed E-state index contributed by atoms with van der Waals surface area (Å²) in [5.74, 6) is -0.304. The number of benzene rings is 2. The van der Waals surface area contributed by atoms with Crippen LogP contribution in [0.5, 0.6) is 5.75 Å². The summed E-state index contributed by atoms with van der Waals surface area (Å²) in [5, 5.41) is 19.1. The SMILES string of the molecule is CC[C@@H]1CN(Cc2cc(C(c3ccc4c(nnn4CC)c3C)C(C)(C)C(=O)O)ccc2C)Cc2cnccc2O1. The fourth-order valence-corrected chi connectivity index (χ4v) is 5.91. The Morgan fingerprint density at radius 1 is 1.18 bits per heavy atom. The molecule has 4 aromatic rings. The number of ether oxygens (including phenoxy) is 1. The number of nitrogens with zero attached hydrogens (tertiary/aromatic N) is 5. The van der Waals surface area contributed by atoms with Crippen molar-refractivity contribution in [1.29, 1.82) is 0 Å². The molecule has 1 unspecified atom stereocenters. The molecule has 2 aromatic carbocycles. The molecule has 0 spiro atoms. The third-order valence-corrected chi connectivity index (χ3v) is 8.43. The molecule has 0 saturated heterocycles. The lowest BCUT2D eigenvalue weighted by Gasteiger charge is -2.33. The zero-order valence-electron chi connectivity index (χ0n) is 24.3. The van der Waals surface area contributed by atoms with Gasteiger partial charge in [0.15, 0.2) is 0 Å². The van der Waals surface area contributed by atoms with Crippen molar-refractivity contribution in [2.24, 2.45) is 5.41 Å². The predicted octanol–water partition coefficient (Wildman–Crippen LogP) is 5.88. The van der Waals surface area contributed by atoms with Crippen molar-refractivity contribution in [1.82, 2.24) is 24.9 Å². The summed E-state index contributed by atoms with van der Waals surface area (Å²) in [5.41, 5.74) is 7.09. The van der Waals surface area contributed by atoms with E-state index < -0.39 is 11.4 Å². The van der Waals surface area contributed by atoms with E-state index >= 15 is 0 Å². The molecule has 2 aromatic heterocycles. The van der Waals surface area contributed by atoms with Gasteiger partial charge < -0.3 is 9.84 Å². The minimum absolute atomic E-state index is 0.0942. The molecule has 0 radical (unpaired) electrons. The number of carbonyl (C=O) groups is 1. The van der Waals surface area contributed by atoms with Crippen LogP contribution in [0, 0.1) is 19.3 Å². The average Bonchev–Trinajstić information content (AvgIpc) is 3.27. The van der Waals surface area contributed by atoms with Crippen molar-refractivity contribution >= 4 is 17.0 Å². The number of carboxylic acid groups (broad SMARTS) is 1. The van der Waals surface area contributed by atoms with Gasteiger partial charge in [0.25, 0.3) is 0 Å². The van der Waals surface area contributed by atoms with E-state index in [1.165, 1.54) is 11.1 Å². The van der Waals surface area contributed by atoms with Crippen LogP contribution in [0.2, 0.25) is 0 Å². The molecule has 1 aliphatic heterocycles. The van der Waals surface area contributed by atoms with Gasteiger partial charge in [-0.2, -0.15) is 0 Å². The van der Waals surface area contributed by atoms with Crippen molar-refractivity contribution in [2.75, 3.05) is 6.54 Å². The summed E-state index contributed by atoms with van der Waals surface area (Å²) in [4.78, 5) is 19.4. The summed E-state index contributed by atoms with van der Waals surface area (Å²) in [7, 11) is 0. The van der Waals surface area contributed by atoms with E-state index in [1.807, 2.05) is 50.7 Å². The molecule has 3 heterocycles. The van der Waals surface area contributed by atoms with Gasteiger partial charge in [-0.3, -0.25) is 14.7 Å². The number of carboxylic acids is 1. The van der Waals surface area contributed by atoms with Crippen molar-refractivity contribution in [3.8, 4) is 5.75 Å². The molecule has 40 heavy (non-hydrogen) atoms. The fourth-order valence-electron chi connectivity index (χ4n) is 5.91. The highest BCUT2D eigenvalue weighted by molar-refractivity contribution is 5.82. The molecule has 1 aliphatic rings. The van der Waals surface area contributed by atoms with Crippen LogP contribution >= 0.6 is 0 Å². The number of hydrogen-bond acceptors (Lipinski definition) is 6. The third-order valence-electron chi connectivity index (χ3n) is 8.43. The predicted molar refractivity (Wildman–Crippen MR) is 155 cm³/mol. The standard InChI is InChI=1S/C32H39N5O3/c1-7-25-19-36(18-24-16-33-14-13-28(24)40-25)17-23-15-22(10-9-20(23)3)29(32(5,6)31(38)39)26-11-12-27-30(21(26)4)34-35-37(27)8-2/h9-16,25,29H,7-8,17-19H2,1-6H3,(H,38,39)/t25-,29?/m1/s1. The van der Waals surface area contributed by atoms with Crippen molar-refractivity contribution in [2.45, 2.75) is 79.6 Å². The van der Waals surface area contributed by atoms with Crippen molar-refractivity contribution < 1.29 is 14.6 Å². The van der Waals surface area contributed by atoms with Crippen LogP contribution in [0.3, 0.4) is 0 Å². The molecule has 1 N–H and O–H groups in total. The normalized spacial score (nSPS) is 16.8. The molecule has 0 aliphatic carbocycles. The molecule has 2 atom stereocenters. The Morgan fingerprint density at radius 3 is 2.70 bits per heavy atom. The molecule has 5 rings (SSSR count). The lowest BCUT2D eigenvalue weighted by molar-refractivity contribution is -0.147. The Balaban J connectivity index is 1.56. The molecule has 0 fully saturated rings. The van der Waals surface area contributed by atoms with Crippen molar-refractivity contribution in [3.63, 3.8) is 0 Å². The van der Waals surface area contributed by atoms with Gasteiger partial charge in [0.1, 0.15) is 17.4 Å². The summed E-state index contributed by atoms with van der Waals surface area (Å²) < 4.78 is 8.16. The van der Waals surface area contributed by atoms with E-state index in [1.54, 1.807) is 6.20 Å². The lowest BCUT2D eigenvalue weighted by atomic mass is 9.69. The van der Waals surface area contributed by atoms with Crippen molar-refractivity contribution in [3.05, 3.63) is 82.2 Å². The van der Waals surface area contributed by atoms with Crippen LogP contribution in [0.15, 0.2) is 48.8 Å². The van der Waals surface area contributed by atoms with Crippen LogP contribution in [-0.2, 0) is 24.4 Å². The molecule has 0 saturated carbocycles. The maximum absolute atomic E-state index is 12.7. The quantitative estimate of drug-likeness (QED) is 0.298. The monoisotopic (exact) mass is 541 g/mol. The second-order valence-electron chi connectivity index (χ2n) is 11.5. The van der Waals surface area contributed by atoms with E-state index in [-0.39, 0.29) is 12.0 Å². The highest BCUT2D eigenvalue weighted by atomic mass is 16.5. The van der Waals surface area contributed by atoms with Crippen LogP contribution in [0.4, 0.5) is 0 Å². The molecule has 0 bridgehead atoms. The number of rotatable bonds is 8. The minimum Gasteiger partial charge on any atom is -0.489 e. The first-order valence-corrected chi connectivity index (χ1v) is 14.1. The molecular weight excluding hydrogens is 502 g/mol. The Labute approximate surface area is 236 Å². The highest BCUT2D eigenvalue weighted by Crippen LogP contribution is 2.44. The first-order valence-electron chi connectivity index (χ1n) is 14.1. The highest BCUT2D eigenvalue weighted by Gasteiger charge is 2.40. The summed E-state index contributed by atoms with van der Waals surface area (Å²) in [6, 6.07) is 12.4. The molecule has 0 amide bonds. The van der Waals surface area contributed by atoms with Gasteiger partial charge in [0, 0.05) is 50.1 Å². The summed E-state index contributed by atoms with van der Waals surface area (Å²) in [6.45, 7) is 15.0. The van der Waals surface area contributed by atoms with Gasteiger partial charge in [0.05, 0.1) is 10.9 Å². The average molecular weight is 542 g/mol. The van der Waals surface area contributed by atoms with E-state index in [0.29, 0.717) is 0 Å². The maximum atomic E-state index is 12.7. The Hall–Kier alpha value is -3.78. The van der Waals surface area contributed by atoms with Gasteiger partial charge >= 0.3 is 5.97 Å². The summed E-state index contributed by atoms with van der Waals surface area (Å²) >= 11 is 0. The number of pyridine rings is 1. The summed E-state index contributed by atoms with van der Waals surface area (Å²) in [6.07, 6.45) is 4.68. The molecule has 8 heteroatoms. The number of aliphatic carboxylic acids is 1. The molecule has 8 nitrogen and oxygen atoms in total. The lowest BCUT2D eigenvalue weighted by Crippen LogP contribution is -2.33. The zero-order chi connectivity index (χ0) is 28.6. The molecule has 210 valence electrons. The largest absolute Gasteiger partial charge is 0.489 e. The number of fused-ring (bicyclic) bond motifs is 2. The van der Waals surface area contributed by atoms with E-state index in [4.69, 9.17) is 4.74 Å². The van der Waals surface area contributed by atoms with Gasteiger partial charge in [-0.15, -0.1) is 5.10 Å². The van der Waals surface area contributed by atoms with Crippen LogP contribution in [0.1, 0.15) is 73.4 Å². The fraction of sp³-hybridized carbons (Fsp3) is 0.438. The van der Waals surface area contributed by atoms with Gasteiger partial charge in [-0.1, -0.05) is 36.4 Å². The van der Waals surface area contributed by atoms with Gasteiger partial charge in [-0.05, 0) is 81.0 Å². The zero-order valence-corrected chi connectivity index (χ0v) is 24.3. The second-order valence-corrected chi connectivity index (χ2v) is 11.5. The third kappa shape index (κ3) is 5.08. The van der Waals surface area contributed by atoms with E-state index in [0.717, 1.165) is 71.6 Å². The van der Waals surface area contributed by atoms with Crippen LogP contribution in [0.25, 0.3) is 11.0 Å². The smallest absolute Gasteiger partial charge is 0.310 e. The minimum atomic E-state index is -1.06. The molecular formula is C32H39N5O3. The topological polar surface area (TPSA) is 93.4 Å². The van der Waals surface area contributed by atoms with Crippen LogP contribution < -0.4 is 4.74 Å². The second kappa shape index (κ2) is 11.0. The first-order chi connectivity index (χ1) is 19.1. The van der Waals surface area contributed by atoms with Gasteiger partial charge in [0.2, 0.25) is 0 Å². The number of aromatic nitrogens is 4. The Bertz CT molecular complexity index is 1540. The van der Waals surface area contributed by atoms with E-state index in [9.17, 15) is 9.90 Å². The van der Waals surface area contributed by atoms with E-state index in [2.05, 4.69) is 58.3 Å². The van der Waals surface area contributed by atoms with Gasteiger partial charge in [-0.25, -0.2) is 4.68 Å².